The zero-order valence-corrected chi connectivity index (χ0v) is 12.3. The molecule has 23 heavy (non-hydrogen) atoms. The van der Waals surface area contributed by atoms with Crippen molar-refractivity contribution in [3.05, 3.63) is 34.2 Å². The van der Waals surface area contributed by atoms with Crippen molar-refractivity contribution in [2.24, 2.45) is 5.92 Å². The molecule has 1 aromatic heterocycles. The van der Waals surface area contributed by atoms with Gasteiger partial charge >= 0.3 is 12.1 Å². The highest BCUT2D eigenvalue weighted by Crippen LogP contribution is 2.26. The van der Waals surface area contributed by atoms with Gasteiger partial charge in [-0.2, -0.15) is 13.2 Å². The summed E-state index contributed by atoms with van der Waals surface area (Å²) in [5.74, 6) is -0.533. The van der Waals surface area contributed by atoms with E-state index >= 15 is 0 Å². The third kappa shape index (κ3) is 6.03. The van der Waals surface area contributed by atoms with Crippen molar-refractivity contribution >= 4 is 5.97 Å². The Morgan fingerprint density at radius 2 is 1.91 bits per heavy atom. The Balaban J connectivity index is 0.000000231. The average molecular weight is 337 g/mol. The van der Waals surface area contributed by atoms with Crippen LogP contribution in [0.2, 0.25) is 0 Å². The van der Waals surface area contributed by atoms with E-state index in [0.717, 1.165) is 18.2 Å². The number of pyridine rings is 1. The number of nitrogens with one attached hydrogen (secondary N) is 1. The van der Waals surface area contributed by atoms with Crippen molar-refractivity contribution in [3.63, 3.8) is 0 Å². The number of carbonyl (C=O) groups is 1. The minimum atomic E-state index is -4.47. The van der Waals surface area contributed by atoms with Gasteiger partial charge in [0.25, 0.3) is 0 Å². The number of halogens is 3. The quantitative estimate of drug-likeness (QED) is 0.666. The van der Waals surface area contributed by atoms with Crippen LogP contribution < -0.4 is 5.56 Å². The molecule has 3 unspecified atom stereocenters. The number of aliphatic hydroxyl groups excluding tert-OH is 2. The van der Waals surface area contributed by atoms with Crippen molar-refractivity contribution in [1.82, 2.24) is 4.98 Å². The van der Waals surface area contributed by atoms with Gasteiger partial charge in [0.05, 0.1) is 25.2 Å². The van der Waals surface area contributed by atoms with Gasteiger partial charge in [-0.3, -0.25) is 9.59 Å². The normalized spacial score (nSPS) is 24.3. The van der Waals surface area contributed by atoms with E-state index in [4.69, 9.17) is 5.11 Å². The van der Waals surface area contributed by atoms with Crippen LogP contribution >= 0.6 is 0 Å². The molecule has 1 aromatic rings. The molecule has 0 amide bonds. The molecule has 2 rings (SSSR count). The summed E-state index contributed by atoms with van der Waals surface area (Å²) in [5.41, 5.74) is -1.77. The zero-order chi connectivity index (χ0) is 17.6. The molecule has 3 N–H and O–H groups in total. The highest BCUT2D eigenvalue weighted by atomic mass is 19.4. The molecular weight excluding hydrogens is 319 g/mol. The van der Waals surface area contributed by atoms with Crippen molar-refractivity contribution in [1.29, 1.82) is 0 Å². The first-order valence-corrected chi connectivity index (χ1v) is 6.85. The summed E-state index contributed by atoms with van der Waals surface area (Å²) < 4.78 is 39.9. The largest absolute Gasteiger partial charge is 0.469 e. The van der Waals surface area contributed by atoms with Crippen LogP contribution in [0.4, 0.5) is 13.2 Å². The van der Waals surface area contributed by atoms with E-state index in [-0.39, 0.29) is 11.9 Å². The summed E-state index contributed by atoms with van der Waals surface area (Å²) in [5, 5.41) is 18.4. The summed E-state index contributed by atoms with van der Waals surface area (Å²) in [6.45, 7) is 0. The first kappa shape index (κ1) is 19.2. The number of hydrogen-bond acceptors (Lipinski definition) is 5. The van der Waals surface area contributed by atoms with Crippen LogP contribution in [-0.4, -0.2) is 40.5 Å². The second-order valence-electron chi connectivity index (χ2n) is 5.09. The number of alkyl halides is 3. The Kier molecular flexibility index (Phi) is 6.77. The predicted molar refractivity (Wildman–Crippen MR) is 73.4 cm³/mol. The van der Waals surface area contributed by atoms with Crippen molar-refractivity contribution in [2.75, 3.05) is 7.11 Å². The van der Waals surface area contributed by atoms with Crippen LogP contribution in [0.5, 0.6) is 0 Å². The maximum atomic E-state index is 11.8. The molecule has 0 saturated heterocycles. The number of carbonyl (C=O) groups excluding carboxylic acids is 1. The second-order valence-corrected chi connectivity index (χ2v) is 5.09. The molecule has 0 aliphatic heterocycles. The van der Waals surface area contributed by atoms with Crippen LogP contribution in [0.3, 0.4) is 0 Å². The SMILES string of the molecule is COC(=O)C1CCC(O)C(O)C1.O=c1cccc(C(F)(F)F)[nH]1. The molecule has 1 saturated carbocycles. The standard InChI is InChI=1S/C8H14O4.C6H4F3NO/c1-12-8(11)5-2-3-6(9)7(10)4-5;7-6(8,9)4-2-1-3-5(11)10-4/h5-7,9-10H,2-4H2,1H3;1-3H,(H,10,11). The summed E-state index contributed by atoms with van der Waals surface area (Å²) in [6, 6.07) is 2.89. The number of esters is 1. The van der Waals surface area contributed by atoms with Gasteiger partial charge in [0.1, 0.15) is 5.69 Å². The molecule has 3 atom stereocenters. The molecule has 0 bridgehead atoms. The van der Waals surface area contributed by atoms with Gasteiger partial charge in [0, 0.05) is 6.07 Å². The van der Waals surface area contributed by atoms with E-state index in [1.165, 1.54) is 7.11 Å². The number of ether oxygens (including phenoxy) is 1. The minimum Gasteiger partial charge on any atom is -0.469 e. The fourth-order valence-electron chi connectivity index (χ4n) is 2.12. The number of rotatable bonds is 1. The third-order valence-electron chi connectivity index (χ3n) is 3.39. The molecule has 9 heteroatoms. The van der Waals surface area contributed by atoms with Crippen LogP contribution in [0.1, 0.15) is 25.0 Å². The van der Waals surface area contributed by atoms with Crippen molar-refractivity contribution < 1.29 is 32.9 Å². The Morgan fingerprint density at radius 3 is 2.35 bits per heavy atom. The third-order valence-corrected chi connectivity index (χ3v) is 3.39. The lowest BCUT2D eigenvalue weighted by molar-refractivity contribution is -0.150. The molecule has 1 fully saturated rings. The molecular formula is C14H18F3NO5. The van der Waals surface area contributed by atoms with Gasteiger partial charge < -0.3 is 19.9 Å². The van der Waals surface area contributed by atoms with E-state index in [1.54, 1.807) is 4.98 Å². The van der Waals surface area contributed by atoms with Gasteiger partial charge in [0.15, 0.2) is 0 Å². The summed E-state index contributed by atoms with van der Waals surface area (Å²) in [4.78, 5) is 23.1. The highest BCUT2D eigenvalue weighted by molar-refractivity contribution is 5.72. The first-order chi connectivity index (χ1) is 10.6. The molecule has 1 heterocycles. The molecule has 0 aromatic carbocycles. The number of aliphatic hydroxyl groups is 2. The lowest BCUT2D eigenvalue weighted by Crippen LogP contribution is -2.36. The van der Waals surface area contributed by atoms with Crippen molar-refractivity contribution in [2.45, 2.75) is 37.6 Å². The minimum absolute atomic E-state index is 0.242. The number of aromatic nitrogens is 1. The number of aromatic amines is 1. The predicted octanol–water partition coefficient (Wildman–Crippen LogP) is 1.07. The molecule has 0 spiro atoms. The Hall–Kier alpha value is -1.87. The molecule has 1 aliphatic carbocycles. The van der Waals surface area contributed by atoms with Crippen LogP contribution in [-0.2, 0) is 15.7 Å². The maximum absolute atomic E-state index is 11.8. The molecule has 6 nitrogen and oxygen atoms in total. The van der Waals surface area contributed by atoms with Crippen molar-refractivity contribution in [3.8, 4) is 0 Å². The molecule has 0 radical (unpaired) electrons. The van der Waals surface area contributed by atoms with E-state index in [1.807, 2.05) is 0 Å². The van der Waals surface area contributed by atoms with Gasteiger partial charge in [-0.25, -0.2) is 0 Å². The fourth-order valence-corrected chi connectivity index (χ4v) is 2.12. The van der Waals surface area contributed by atoms with Crippen LogP contribution in [0.25, 0.3) is 0 Å². The molecule has 1 aliphatic rings. The van der Waals surface area contributed by atoms with E-state index < -0.39 is 29.6 Å². The lowest BCUT2D eigenvalue weighted by atomic mass is 9.85. The number of hydrogen-bond donors (Lipinski definition) is 3. The van der Waals surface area contributed by atoms with Crippen LogP contribution in [0, 0.1) is 5.92 Å². The van der Waals surface area contributed by atoms with E-state index in [2.05, 4.69) is 4.74 Å². The highest BCUT2D eigenvalue weighted by Gasteiger charge is 2.32. The summed E-state index contributed by atoms with van der Waals surface area (Å²) in [6.07, 6.45) is -4.53. The zero-order valence-electron chi connectivity index (χ0n) is 12.3. The number of methoxy groups -OCH3 is 1. The number of H-pyrrole nitrogens is 1. The van der Waals surface area contributed by atoms with E-state index in [0.29, 0.717) is 19.3 Å². The van der Waals surface area contributed by atoms with Gasteiger partial charge in [-0.15, -0.1) is 0 Å². The van der Waals surface area contributed by atoms with Crippen LogP contribution in [0.15, 0.2) is 23.0 Å². The topological polar surface area (TPSA) is 99.6 Å². The van der Waals surface area contributed by atoms with Gasteiger partial charge in [-0.05, 0) is 25.3 Å². The Labute approximate surface area is 129 Å². The lowest BCUT2D eigenvalue weighted by Gasteiger charge is -2.28. The fraction of sp³-hybridized carbons (Fsp3) is 0.571. The summed E-state index contributed by atoms with van der Waals surface area (Å²) >= 11 is 0. The molecule has 130 valence electrons. The maximum Gasteiger partial charge on any atom is 0.431 e. The first-order valence-electron chi connectivity index (χ1n) is 6.85. The second kappa shape index (κ2) is 8.11. The monoisotopic (exact) mass is 337 g/mol. The Bertz CT molecular complexity index is 572. The van der Waals surface area contributed by atoms with Gasteiger partial charge in [0.2, 0.25) is 5.56 Å². The van der Waals surface area contributed by atoms with Gasteiger partial charge in [-0.1, -0.05) is 6.07 Å². The average Bonchev–Trinajstić information content (AvgIpc) is 2.49. The Morgan fingerprint density at radius 1 is 1.26 bits per heavy atom. The smallest absolute Gasteiger partial charge is 0.431 e. The summed E-state index contributed by atoms with van der Waals surface area (Å²) in [7, 11) is 1.33. The van der Waals surface area contributed by atoms with E-state index in [9.17, 15) is 27.9 Å².